The number of nitrogens with zero attached hydrogens (tertiary/aromatic N) is 8. The summed E-state index contributed by atoms with van der Waals surface area (Å²) in [5.74, 6) is 0. The molecule has 26 heavy (non-hydrogen) atoms. The fraction of sp³-hybridized carbons (Fsp3) is 0.125. The van der Waals surface area contributed by atoms with Gasteiger partial charge in [0.15, 0.2) is 11.2 Å². The van der Waals surface area contributed by atoms with Gasteiger partial charge in [-0.15, -0.1) is 0 Å². The van der Waals surface area contributed by atoms with E-state index in [0.717, 1.165) is 28.2 Å². The molecule has 5 aromatic rings. The molecule has 0 saturated heterocycles. The molecule has 5 aromatic heterocycles. The van der Waals surface area contributed by atoms with E-state index in [0.29, 0.717) is 23.4 Å². The van der Waals surface area contributed by atoms with Crippen LogP contribution >= 0.6 is 0 Å². The number of rotatable bonds is 3. The largest absolute Gasteiger partial charge is 0.396 e. The van der Waals surface area contributed by atoms with Crippen molar-refractivity contribution in [2.45, 2.75) is 13.5 Å². The minimum atomic E-state index is 0.405. The smallest absolute Gasteiger partial charge is 0.226 e. The monoisotopic (exact) mass is 347 g/mol. The molecule has 5 heterocycles. The molecule has 0 aliphatic carbocycles. The molecule has 0 aromatic carbocycles. The highest BCUT2D eigenvalue weighted by molar-refractivity contribution is 5.85. The molecule has 0 saturated carbocycles. The van der Waals surface area contributed by atoms with Gasteiger partial charge in [-0.25, -0.2) is 19.1 Å². The summed E-state index contributed by atoms with van der Waals surface area (Å²) >= 11 is 0. The van der Waals surface area contributed by atoms with E-state index >= 15 is 0 Å². The molecule has 0 aliphatic rings. The quantitative estimate of drug-likeness (QED) is 0.520. The van der Waals surface area contributed by atoms with Gasteiger partial charge in [0.05, 0.1) is 29.7 Å². The number of anilines is 1. The van der Waals surface area contributed by atoms with Crippen molar-refractivity contribution in [2.75, 3.05) is 5.73 Å². The predicted octanol–water partition coefficient (Wildman–Crippen LogP) is 1.46. The maximum atomic E-state index is 6.22. The Hall–Kier alpha value is -3.82. The second kappa shape index (κ2) is 5.34. The van der Waals surface area contributed by atoms with Gasteiger partial charge in [-0.05, 0) is 29.4 Å². The van der Waals surface area contributed by atoms with Crippen LogP contribution < -0.4 is 5.73 Å². The van der Waals surface area contributed by atoms with Crippen LogP contribution in [-0.2, 0) is 6.54 Å². The molecule has 10 heteroatoms. The van der Waals surface area contributed by atoms with Gasteiger partial charge in [0.25, 0.3) is 0 Å². The zero-order chi connectivity index (χ0) is 17.7. The van der Waals surface area contributed by atoms with Crippen LogP contribution in [0.1, 0.15) is 11.3 Å². The third kappa shape index (κ3) is 2.12. The summed E-state index contributed by atoms with van der Waals surface area (Å²) in [5.41, 5.74) is 11.6. The summed E-state index contributed by atoms with van der Waals surface area (Å²) < 4.78 is 8.23. The van der Waals surface area contributed by atoms with Gasteiger partial charge in [0, 0.05) is 29.8 Å². The van der Waals surface area contributed by atoms with Crippen molar-refractivity contribution in [1.29, 1.82) is 0 Å². The molecule has 0 fully saturated rings. The van der Waals surface area contributed by atoms with Crippen molar-refractivity contribution in [1.82, 2.24) is 39.7 Å². The van der Waals surface area contributed by atoms with Crippen LogP contribution in [0.5, 0.6) is 0 Å². The lowest BCUT2D eigenvalue weighted by Gasteiger charge is -2.08. The van der Waals surface area contributed by atoms with Crippen molar-refractivity contribution >= 4 is 22.5 Å². The Kier molecular flexibility index (Phi) is 2.98. The van der Waals surface area contributed by atoms with E-state index < -0.39 is 0 Å². The van der Waals surface area contributed by atoms with Crippen LogP contribution in [0.15, 0.2) is 41.5 Å². The number of nitrogen functional groups attached to an aromatic ring is 1. The summed E-state index contributed by atoms with van der Waals surface area (Å²) in [6, 6.07) is 3.75. The first-order chi connectivity index (χ1) is 12.7. The molecule has 2 N–H and O–H groups in total. The molecule has 0 spiro atoms. The van der Waals surface area contributed by atoms with E-state index in [1.807, 2.05) is 31.5 Å². The summed E-state index contributed by atoms with van der Waals surface area (Å²) in [5, 5.41) is 16.5. The maximum absolute atomic E-state index is 6.22. The fourth-order valence-corrected chi connectivity index (χ4v) is 2.95. The van der Waals surface area contributed by atoms with Crippen LogP contribution in [-0.4, -0.2) is 39.7 Å². The van der Waals surface area contributed by atoms with Crippen molar-refractivity contribution in [3.05, 3.63) is 48.2 Å². The number of nitrogens with two attached hydrogens (primary N) is 1. The minimum absolute atomic E-state index is 0.405. The van der Waals surface area contributed by atoms with Crippen molar-refractivity contribution in [3.8, 4) is 11.3 Å². The Morgan fingerprint density at radius 1 is 1.23 bits per heavy atom. The predicted molar refractivity (Wildman–Crippen MR) is 92.1 cm³/mol. The third-order valence-corrected chi connectivity index (χ3v) is 4.28. The lowest BCUT2D eigenvalue weighted by Crippen LogP contribution is -2.08. The Morgan fingerprint density at radius 2 is 2.15 bits per heavy atom. The molecule has 10 nitrogen and oxygen atoms in total. The molecule has 0 amide bonds. The van der Waals surface area contributed by atoms with Crippen LogP contribution in [0.2, 0.25) is 0 Å². The summed E-state index contributed by atoms with van der Waals surface area (Å²) in [6.45, 7) is 2.33. The molecule has 0 aliphatic heterocycles. The van der Waals surface area contributed by atoms with Crippen LogP contribution in [0.3, 0.4) is 0 Å². The van der Waals surface area contributed by atoms with Gasteiger partial charge in [-0.2, -0.15) is 10.2 Å². The summed E-state index contributed by atoms with van der Waals surface area (Å²) in [4.78, 5) is 8.74. The fourth-order valence-electron chi connectivity index (χ4n) is 2.95. The lowest BCUT2D eigenvalue weighted by atomic mass is 10.1. The number of hydrogen-bond donors (Lipinski definition) is 1. The molecular formula is C16H13N9O. The highest BCUT2D eigenvalue weighted by atomic mass is 16.6. The van der Waals surface area contributed by atoms with Gasteiger partial charge in [-0.3, -0.25) is 4.68 Å². The Bertz CT molecular complexity index is 1250. The first kappa shape index (κ1) is 14.5. The zero-order valence-corrected chi connectivity index (χ0v) is 13.7. The summed E-state index contributed by atoms with van der Waals surface area (Å²) in [6.07, 6.45) is 7.21. The first-order valence-electron chi connectivity index (χ1n) is 7.90. The first-order valence-corrected chi connectivity index (χ1v) is 7.90. The van der Waals surface area contributed by atoms with Crippen LogP contribution in [0.4, 0.5) is 5.69 Å². The Labute approximate surface area is 146 Å². The molecule has 128 valence electrons. The average molecular weight is 347 g/mol. The molecule has 0 bridgehead atoms. The number of pyridine rings is 1. The normalized spacial score (nSPS) is 11.6. The SMILES string of the molecule is Cc1nc2nonc2c(N)c1Cn1ccc(-c2cnn3cccnc23)n1. The van der Waals surface area contributed by atoms with Gasteiger partial charge >= 0.3 is 0 Å². The third-order valence-electron chi connectivity index (χ3n) is 4.28. The Morgan fingerprint density at radius 3 is 3.08 bits per heavy atom. The van der Waals surface area contributed by atoms with E-state index in [9.17, 15) is 0 Å². The molecular weight excluding hydrogens is 334 g/mol. The number of aromatic nitrogens is 8. The topological polar surface area (TPSA) is 126 Å². The van der Waals surface area contributed by atoms with E-state index in [1.54, 1.807) is 21.6 Å². The van der Waals surface area contributed by atoms with E-state index in [-0.39, 0.29) is 0 Å². The molecule has 0 atom stereocenters. The average Bonchev–Trinajstić information content (AvgIpc) is 3.37. The van der Waals surface area contributed by atoms with Crippen molar-refractivity contribution < 1.29 is 4.63 Å². The molecule has 0 unspecified atom stereocenters. The van der Waals surface area contributed by atoms with Crippen molar-refractivity contribution in [2.24, 2.45) is 0 Å². The van der Waals surface area contributed by atoms with Gasteiger partial charge in [-0.1, -0.05) is 0 Å². The second-order valence-electron chi connectivity index (χ2n) is 5.87. The molecule has 5 rings (SSSR count). The second-order valence-corrected chi connectivity index (χ2v) is 5.87. The van der Waals surface area contributed by atoms with E-state index in [1.165, 1.54) is 0 Å². The lowest BCUT2D eigenvalue weighted by molar-refractivity contribution is 0.315. The van der Waals surface area contributed by atoms with E-state index in [4.69, 9.17) is 10.4 Å². The van der Waals surface area contributed by atoms with Crippen molar-refractivity contribution in [3.63, 3.8) is 0 Å². The number of hydrogen-bond acceptors (Lipinski definition) is 8. The van der Waals surface area contributed by atoms with E-state index in [2.05, 4.69) is 30.5 Å². The van der Waals surface area contributed by atoms with Crippen LogP contribution in [0.25, 0.3) is 28.1 Å². The van der Waals surface area contributed by atoms with Gasteiger partial charge in [0.1, 0.15) is 0 Å². The van der Waals surface area contributed by atoms with Crippen LogP contribution in [0, 0.1) is 6.92 Å². The zero-order valence-electron chi connectivity index (χ0n) is 13.7. The number of fused-ring (bicyclic) bond motifs is 2. The highest BCUT2D eigenvalue weighted by Gasteiger charge is 2.16. The highest BCUT2D eigenvalue weighted by Crippen LogP contribution is 2.25. The molecule has 0 radical (unpaired) electrons. The summed E-state index contributed by atoms with van der Waals surface area (Å²) in [7, 11) is 0. The van der Waals surface area contributed by atoms with Gasteiger partial charge < -0.3 is 5.73 Å². The standard InChI is InChI=1S/C16H13N9O/c1-9-11(13(17)14-15(20-9)23-26-22-14)8-24-6-3-12(21-24)10-7-19-25-5-2-4-18-16(10)25/h2-7H,8,17H2,1H3. The maximum Gasteiger partial charge on any atom is 0.226 e. The minimum Gasteiger partial charge on any atom is -0.396 e. The number of aryl methyl sites for hydroxylation is 1. The Balaban J connectivity index is 1.53. The van der Waals surface area contributed by atoms with Gasteiger partial charge in [0.2, 0.25) is 5.65 Å².